The third-order valence-electron chi connectivity index (χ3n) is 2.90. The van der Waals surface area contributed by atoms with E-state index in [1.807, 2.05) is 36.4 Å². The molecule has 0 radical (unpaired) electrons. The number of hydrogen-bond acceptors (Lipinski definition) is 4. The third kappa shape index (κ3) is 5.63. The molecule has 2 aromatic rings. The minimum atomic E-state index is -1.11. The molecule has 0 spiro atoms. The highest BCUT2D eigenvalue weighted by molar-refractivity contribution is 9.13. The Labute approximate surface area is 153 Å². The first-order valence-corrected chi connectivity index (χ1v) is 8.99. The lowest BCUT2D eigenvalue weighted by molar-refractivity contribution is -0.139. The number of nitrogens with one attached hydrogen (secondary N) is 1. The molecular weight excluding hydrogens is 450 g/mol. The number of carboxylic acid groups (broad SMARTS) is 1. The van der Waals surface area contributed by atoms with Crippen LogP contribution in [0.1, 0.15) is 10.4 Å². The fourth-order valence-corrected chi connectivity index (χ4v) is 4.02. The Morgan fingerprint density at radius 3 is 2.52 bits per heavy atom. The van der Waals surface area contributed by atoms with Gasteiger partial charge in [0.2, 0.25) is 0 Å². The minimum Gasteiger partial charge on any atom is -0.480 e. The maximum atomic E-state index is 11.8. The van der Waals surface area contributed by atoms with Crippen LogP contribution in [0.3, 0.4) is 0 Å². The van der Waals surface area contributed by atoms with Crippen molar-refractivity contribution >= 4 is 55.3 Å². The summed E-state index contributed by atoms with van der Waals surface area (Å²) in [6.07, 6.45) is -0.569. The summed E-state index contributed by atoms with van der Waals surface area (Å²) >= 11 is 8.12. The Hall–Kier alpha value is -1.38. The van der Waals surface area contributed by atoms with Gasteiger partial charge in [0.15, 0.2) is 0 Å². The Kier molecular flexibility index (Phi) is 6.61. The van der Waals surface area contributed by atoms with Gasteiger partial charge in [-0.2, -0.15) is 0 Å². The molecule has 0 fully saturated rings. The average Bonchev–Trinajstić information content (AvgIpc) is 2.83. The van der Waals surface area contributed by atoms with Crippen LogP contribution in [-0.2, 0) is 22.6 Å². The smallest absolute Gasteiger partial charge is 0.408 e. The van der Waals surface area contributed by atoms with Crippen LogP contribution in [0.4, 0.5) is 4.79 Å². The Balaban J connectivity index is 1.91. The van der Waals surface area contributed by atoms with E-state index < -0.39 is 18.1 Å². The first-order chi connectivity index (χ1) is 11.0. The molecular formula is C15H13Br2NO4S. The number of carbonyl (C=O) groups is 2. The van der Waals surface area contributed by atoms with Crippen molar-refractivity contribution < 1.29 is 19.4 Å². The molecule has 23 heavy (non-hydrogen) atoms. The van der Waals surface area contributed by atoms with Crippen LogP contribution < -0.4 is 5.32 Å². The van der Waals surface area contributed by atoms with Gasteiger partial charge in [-0.15, -0.1) is 11.3 Å². The lowest BCUT2D eigenvalue weighted by Crippen LogP contribution is -2.42. The van der Waals surface area contributed by atoms with Gasteiger partial charge in [0, 0.05) is 15.8 Å². The summed E-state index contributed by atoms with van der Waals surface area (Å²) in [5, 5.41) is 11.6. The highest BCUT2D eigenvalue weighted by Gasteiger charge is 2.22. The second-order valence-electron chi connectivity index (χ2n) is 4.64. The predicted molar refractivity (Wildman–Crippen MR) is 94.6 cm³/mol. The number of aliphatic carboxylic acids is 1. The average molecular weight is 463 g/mol. The number of rotatable bonds is 6. The minimum absolute atomic E-state index is 0.0924. The van der Waals surface area contributed by atoms with Crippen molar-refractivity contribution in [3.63, 3.8) is 0 Å². The van der Waals surface area contributed by atoms with Crippen molar-refractivity contribution in [2.45, 2.75) is 19.1 Å². The van der Waals surface area contributed by atoms with E-state index in [2.05, 4.69) is 37.2 Å². The fraction of sp³-hybridized carbons (Fsp3) is 0.200. The molecule has 1 heterocycles. The Morgan fingerprint density at radius 2 is 1.96 bits per heavy atom. The van der Waals surface area contributed by atoms with Crippen molar-refractivity contribution in [3.05, 3.63) is 55.1 Å². The normalized spacial score (nSPS) is 11.7. The molecule has 0 bridgehead atoms. The first-order valence-electron chi connectivity index (χ1n) is 6.59. The van der Waals surface area contributed by atoms with E-state index in [0.717, 1.165) is 18.7 Å². The zero-order valence-corrected chi connectivity index (χ0v) is 15.8. The highest BCUT2D eigenvalue weighted by atomic mass is 79.9. The lowest BCUT2D eigenvalue weighted by atomic mass is 10.2. The van der Waals surface area contributed by atoms with Crippen LogP contribution in [0.15, 0.2) is 44.7 Å². The molecule has 2 rings (SSSR count). The van der Waals surface area contributed by atoms with Gasteiger partial charge >= 0.3 is 12.1 Å². The van der Waals surface area contributed by atoms with Crippen molar-refractivity contribution in [1.82, 2.24) is 5.32 Å². The maximum Gasteiger partial charge on any atom is 0.408 e. The topological polar surface area (TPSA) is 75.6 Å². The largest absolute Gasteiger partial charge is 0.480 e. The molecule has 0 saturated carbocycles. The first kappa shape index (κ1) is 18.0. The molecule has 0 saturated heterocycles. The molecule has 0 aliphatic heterocycles. The predicted octanol–water partition coefficient (Wildman–Crippen LogP) is 4.20. The SMILES string of the molecule is O=C(NC(Cc1cc(Br)c(Br)s1)C(=O)O)OCc1ccccc1. The van der Waals surface area contributed by atoms with Crippen molar-refractivity contribution in [3.8, 4) is 0 Å². The Morgan fingerprint density at radius 1 is 1.26 bits per heavy atom. The molecule has 0 aliphatic rings. The second kappa shape index (κ2) is 8.47. The Bertz CT molecular complexity index is 671. The molecule has 122 valence electrons. The van der Waals surface area contributed by atoms with Crippen LogP contribution in [0.5, 0.6) is 0 Å². The van der Waals surface area contributed by atoms with E-state index >= 15 is 0 Å². The van der Waals surface area contributed by atoms with Gasteiger partial charge in [0.25, 0.3) is 0 Å². The van der Waals surface area contributed by atoms with Crippen LogP contribution in [0.2, 0.25) is 0 Å². The number of ether oxygens (including phenoxy) is 1. The van der Waals surface area contributed by atoms with Gasteiger partial charge in [-0.25, -0.2) is 9.59 Å². The second-order valence-corrected chi connectivity index (χ2v) is 7.94. The van der Waals surface area contributed by atoms with E-state index in [9.17, 15) is 14.7 Å². The van der Waals surface area contributed by atoms with Crippen molar-refractivity contribution in [2.24, 2.45) is 0 Å². The lowest BCUT2D eigenvalue weighted by Gasteiger charge is -2.13. The van der Waals surface area contributed by atoms with E-state index in [1.54, 1.807) is 0 Å². The monoisotopic (exact) mass is 461 g/mol. The number of carboxylic acids is 1. The van der Waals surface area contributed by atoms with Crippen molar-refractivity contribution in [2.75, 3.05) is 0 Å². The molecule has 1 aromatic carbocycles. The van der Waals surface area contributed by atoms with Crippen LogP contribution >= 0.6 is 43.2 Å². The molecule has 0 aliphatic carbocycles. The summed E-state index contributed by atoms with van der Waals surface area (Å²) in [5.74, 6) is -1.11. The third-order valence-corrected chi connectivity index (χ3v) is 6.18. The van der Waals surface area contributed by atoms with Crippen molar-refractivity contribution in [1.29, 1.82) is 0 Å². The van der Waals surface area contributed by atoms with Crippen LogP contribution in [0, 0.1) is 0 Å². The van der Waals surface area contributed by atoms with E-state index in [1.165, 1.54) is 11.3 Å². The summed E-state index contributed by atoms with van der Waals surface area (Å²) in [6.45, 7) is 0.0924. The molecule has 8 heteroatoms. The number of alkyl carbamates (subject to hydrolysis) is 1. The number of benzene rings is 1. The number of halogens is 2. The number of hydrogen-bond donors (Lipinski definition) is 2. The molecule has 1 aromatic heterocycles. The van der Waals surface area contributed by atoms with E-state index in [4.69, 9.17) is 4.74 Å². The van der Waals surface area contributed by atoms with E-state index in [-0.39, 0.29) is 13.0 Å². The fourth-order valence-electron chi connectivity index (χ4n) is 1.80. The number of carbonyl (C=O) groups excluding carboxylic acids is 1. The van der Waals surface area contributed by atoms with Gasteiger partial charge < -0.3 is 15.2 Å². The zero-order valence-electron chi connectivity index (χ0n) is 11.8. The van der Waals surface area contributed by atoms with Gasteiger partial charge in [0.05, 0.1) is 3.79 Å². The highest BCUT2D eigenvalue weighted by Crippen LogP contribution is 2.32. The summed E-state index contributed by atoms with van der Waals surface area (Å²) in [7, 11) is 0. The molecule has 2 N–H and O–H groups in total. The summed E-state index contributed by atoms with van der Waals surface area (Å²) in [6, 6.07) is 9.96. The zero-order chi connectivity index (χ0) is 16.8. The molecule has 1 unspecified atom stereocenters. The number of amides is 1. The summed E-state index contributed by atoms with van der Waals surface area (Å²) in [4.78, 5) is 23.9. The molecule has 5 nitrogen and oxygen atoms in total. The van der Waals surface area contributed by atoms with Crippen LogP contribution in [0.25, 0.3) is 0 Å². The van der Waals surface area contributed by atoms with E-state index in [0.29, 0.717) is 0 Å². The van der Waals surface area contributed by atoms with Gasteiger partial charge in [0.1, 0.15) is 12.6 Å². The number of thiophene rings is 1. The quantitative estimate of drug-likeness (QED) is 0.674. The summed E-state index contributed by atoms with van der Waals surface area (Å²) < 4.78 is 6.78. The van der Waals surface area contributed by atoms with Crippen LogP contribution in [-0.4, -0.2) is 23.2 Å². The summed E-state index contributed by atoms with van der Waals surface area (Å²) in [5.41, 5.74) is 0.834. The standard InChI is InChI=1S/C15H13Br2NO4S/c16-11-6-10(23-13(11)17)7-12(14(19)20)18-15(21)22-8-9-4-2-1-3-5-9/h1-6,12H,7-8H2,(H,18,21)(H,19,20). The van der Waals surface area contributed by atoms with Gasteiger partial charge in [-0.05, 0) is 43.5 Å². The van der Waals surface area contributed by atoms with Gasteiger partial charge in [-0.1, -0.05) is 30.3 Å². The maximum absolute atomic E-state index is 11.8. The van der Waals surface area contributed by atoms with Gasteiger partial charge in [-0.3, -0.25) is 0 Å². The molecule has 1 atom stereocenters. The molecule has 1 amide bonds.